The van der Waals surface area contributed by atoms with Crippen LogP contribution in [0.25, 0.3) is 0 Å². The maximum atomic E-state index is 15.7. The van der Waals surface area contributed by atoms with Gasteiger partial charge in [-0.3, -0.25) is 9.59 Å². The molecule has 0 spiro atoms. The number of alkyl halides is 10. The van der Waals surface area contributed by atoms with E-state index in [4.69, 9.17) is 0 Å². The lowest BCUT2D eigenvalue weighted by Crippen LogP contribution is -2.50. The van der Waals surface area contributed by atoms with Crippen molar-refractivity contribution >= 4 is 17.4 Å². The second-order valence-corrected chi connectivity index (χ2v) is 10.1. The fourth-order valence-corrected chi connectivity index (χ4v) is 4.51. The van der Waals surface area contributed by atoms with Crippen molar-refractivity contribution in [1.29, 1.82) is 0 Å². The zero-order chi connectivity index (χ0) is 32.8. The smallest absolute Gasteiger partial charge is 0.305 e. The summed E-state index contributed by atoms with van der Waals surface area (Å²) in [5, 5.41) is 0. The fraction of sp³-hybridized carbons (Fsp3) is 0.310. The summed E-state index contributed by atoms with van der Waals surface area (Å²) in [6, 6.07) is 6.55. The molecule has 0 bridgehead atoms. The summed E-state index contributed by atoms with van der Waals surface area (Å²) < 4.78 is 164. The normalized spacial score (nSPS) is 14.5. The number of Topliss-reactive ketones (excluding diaryl/α,β-unsaturated/α-hetero) is 1. The Morgan fingerprint density at radius 2 is 1.36 bits per heavy atom. The second-order valence-electron chi connectivity index (χ2n) is 10.1. The van der Waals surface area contributed by atoms with E-state index >= 15 is 4.39 Å². The van der Waals surface area contributed by atoms with Crippen LogP contribution in [-0.2, 0) is 18.3 Å². The average Bonchev–Trinajstić information content (AvgIpc) is 3.74. The number of hydrogen-bond acceptors (Lipinski definition) is 2. The largest absolute Gasteiger partial charge is 0.435 e. The molecule has 1 aliphatic rings. The number of nitrogens with zero attached hydrogens (tertiary/aromatic N) is 1. The highest BCUT2D eigenvalue weighted by molar-refractivity contribution is 6.07. The Labute approximate surface area is 241 Å². The molecule has 1 fully saturated rings. The van der Waals surface area contributed by atoms with Crippen molar-refractivity contribution in [2.75, 3.05) is 11.4 Å². The number of carbonyl (C=O) groups is 2. The monoisotopic (exact) mass is 641 g/mol. The molecule has 0 aromatic heterocycles. The molecule has 1 amide bonds. The molecule has 44 heavy (non-hydrogen) atoms. The molecule has 0 saturated heterocycles. The minimum atomic E-state index is -6.69. The van der Waals surface area contributed by atoms with Gasteiger partial charge >= 0.3 is 24.2 Å². The van der Waals surface area contributed by atoms with Gasteiger partial charge in [0, 0.05) is 24.1 Å². The van der Waals surface area contributed by atoms with Crippen LogP contribution in [0.1, 0.15) is 50.2 Å². The fourth-order valence-electron chi connectivity index (χ4n) is 4.51. The van der Waals surface area contributed by atoms with Gasteiger partial charge in [0.05, 0.1) is 16.8 Å². The first-order valence-electron chi connectivity index (χ1n) is 12.7. The van der Waals surface area contributed by atoms with Gasteiger partial charge in [0.15, 0.2) is 11.6 Å². The van der Waals surface area contributed by atoms with Crippen molar-refractivity contribution in [3.05, 3.63) is 100 Å². The van der Waals surface area contributed by atoms with Gasteiger partial charge in [-0.25, -0.2) is 13.2 Å². The van der Waals surface area contributed by atoms with Gasteiger partial charge in [-0.15, -0.1) is 0 Å². The zero-order valence-corrected chi connectivity index (χ0v) is 22.0. The first-order chi connectivity index (χ1) is 20.3. The van der Waals surface area contributed by atoms with Crippen molar-refractivity contribution in [3.63, 3.8) is 0 Å². The average molecular weight is 641 g/mol. The Hall–Kier alpha value is -4.04. The van der Waals surface area contributed by atoms with Crippen LogP contribution in [0.15, 0.2) is 60.7 Å². The molecule has 0 atom stereocenters. The van der Waals surface area contributed by atoms with Crippen LogP contribution in [0.5, 0.6) is 0 Å². The van der Waals surface area contributed by atoms with Gasteiger partial charge < -0.3 is 4.90 Å². The third kappa shape index (κ3) is 6.41. The molecule has 3 aromatic carbocycles. The van der Waals surface area contributed by atoms with Crippen molar-refractivity contribution in [2.24, 2.45) is 5.92 Å². The SMILES string of the molecule is O=C(Cc1ccc(C(F)(C(F)(F)F)C(F)(F)F)cc1C(F)(F)F)c1cccc(N(CC2CC2)C(=O)c2ccc(F)cc2)c1F. The van der Waals surface area contributed by atoms with Gasteiger partial charge in [0.25, 0.3) is 5.91 Å². The van der Waals surface area contributed by atoms with E-state index in [1.54, 1.807) is 0 Å². The van der Waals surface area contributed by atoms with Crippen LogP contribution in [-0.4, -0.2) is 30.6 Å². The molecule has 3 nitrogen and oxygen atoms in total. The number of ketones is 1. The molecule has 1 saturated carbocycles. The lowest BCUT2D eigenvalue weighted by atomic mass is 9.89. The first kappa shape index (κ1) is 32.9. The standard InChI is InChI=1S/C29H19F12NO2/c30-19-10-7-16(8-11-19)25(44)42(14-15-4-5-15)22-3-1-2-20(24(22)31)23(43)12-17-6-9-18(13-21(17)27(33,34)35)26(32,28(36,37)38)29(39,40)41/h1-3,6-11,13,15H,4-5,12,14H2. The van der Waals surface area contributed by atoms with E-state index in [1.807, 2.05) is 0 Å². The lowest BCUT2D eigenvalue weighted by molar-refractivity contribution is -0.348. The molecular formula is C29H19F12NO2. The van der Waals surface area contributed by atoms with E-state index < -0.39 is 88.0 Å². The third-order valence-corrected chi connectivity index (χ3v) is 6.99. The van der Waals surface area contributed by atoms with Crippen LogP contribution >= 0.6 is 0 Å². The summed E-state index contributed by atoms with van der Waals surface area (Å²) in [7, 11) is 0. The Kier molecular flexibility index (Phi) is 8.57. The van der Waals surface area contributed by atoms with Gasteiger partial charge in [-0.1, -0.05) is 18.2 Å². The molecule has 0 radical (unpaired) electrons. The van der Waals surface area contributed by atoms with Crippen molar-refractivity contribution in [2.45, 2.75) is 43.5 Å². The van der Waals surface area contributed by atoms with Crippen LogP contribution < -0.4 is 4.90 Å². The summed E-state index contributed by atoms with van der Waals surface area (Å²) in [4.78, 5) is 27.2. The molecular weight excluding hydrogens is 622 g/mol. The maximum Gasteiger partial charge on any atom is 0.435 e. The Morgan fingerprint density at radius 3 is 1.89 bits per heavy atom. The number of benzene rings is 3. The Morgan fingerprint density at radius 1 is 0.773 bits per heavy atom. The second kappa shape index (κ2) is 11.5. The zero-order valence-electron chi connectivity index (χ0n) is 22.0. The Bertz CT molecular complexity index is 1540. The van der Waals surface area contributed by atoms with Gasteiger partial charge in [0.2, 0.25) is 0 Å². The maximum absolute atomic E-state index is 15.7. The summed E-state index contributed by atoms with van der Waals surface area (Å²) in [5.41, 5.74) is -13.2. The molecule has 4 rings (SSSR count). The minimum Gasteiger partial charge on any atom is -0.305 e. The molecule has 0 unspecified atom stereocenters. The van der Waals surface area contributed by atoms with Crippen molar-refractivity contribution < 1.29 is 62.3 Å². The quantitative estimate of drug-likeness (QED) is 0.182. The van der Waals surface area contributed by atoms with E-state index in [0.717, 1.165) is 47.4 Å². The summed E-state index contributed by atoms with van der Waals surface area (Å²) in [5.74, 6) is -4.19. The minimum absolute atomic E-state index is 0.0200. The number of rotatable bonds is 8. The Balaban J connectivity index is 1.72. The van der Waals surface area contributed by atoms with E-state index in [2.05, 4.69) is 0 Å². The predicted octanol–water partition coefficient (Wildman–Crippen LogP) is 8.76. The predicted molar refractivity (Wildman–Crippen MR) is 132 cm³/mol. The van der Waals surface area contributed by atoms with E-state index in [-0.39, 0.29) is 30.2 Å². The summed E-state index contributed by atoms with van der Waals surface area (Å²) >= 11 is 0. The molecule has 236 valence electrons. The number of amides is 1. The highest BCUT2D eigenvalue weighted by Crippen LogP contribution is 2.54. The van der Waals surface area contributed by atoms with E-state index in [1.165, 1.54) is 0 Å². The van der Waals surface area contributed by atoms with Crippen LogP contribution in [0.3, 0.4) is 0 Å². The van der Waals surface area contributed by atoms with E-state index in [0.29, 0.717) is 12.8 Å². The van der Waals surface area contributed by atoms with Gasteiger partial charge in [-0.05, 0) is 66.8 Å². The summed E-state index contributed by atoms with van der Waals surface area (Å²) in [6.45, 7) is -0.0200. The molecule has 0 N–H and O–H groups in total. The molecule has 15 heteroatoms. The number of anilines is 1. The number of halogens is 12. The number of hydrogen-bond donors (Lipinski definition) is 0. The molecule has 0 heterocycles. The van der Waals surface area contributed by atoms with Crippen LogP contribution in [0.2, 0.25) is 0 Å². The molecule has 0 aliphatic heterocycles. The first-order valence-corrected chi connectivity index (χ1v) is 12.7. The van der Waals surface area contributed by atoms with Crippen LogP contribution in [0.4, 0.5) is 58.4 Å². The molecule has 3 aromatic rings. The summed E-state index contributed by atoms with van der Waals surface area (Å²) in [6.07, 6.45) is -19.0. The van der Waals surface area contributed by atoms with Gasteiger partial charge in [-0.2, -0.15) is 39.5 Å². The topological polar surface area (TPSA) is 37.4 Å². The third-order valence-electron chi connectivity index (χ3n) is 6.99. The van der Waals surface area contributed by atoms with Crippen molar-refractivity contribution in [3.8, 4) is 0 Å². The van der Waals surface area contributed by atoms with Crippen molar-refractivity contribution in [1.82, 2.24) is 0 Å². The lowest BCUT2D eigenvalue weighted by Gasteiger charge is -2.31. The molecule has 1 aliphatic carbocycles. The van der Waals surface area contributed by atoms with Crippen LogP contribution in [0, 0.1) is 17.6 Å². The van der Waals surface area contributed by atoms with E-state index in [9.17, 15) is 57.9 Å². The highest BCUT2D eigenvalue weighted by Gasteiger charge is 2.73. The highest BCUT2D eigenvalue weighted by atomic mass is 19.4. The number of carbonyl (C=O) groups excluding carboxylic acids is 2. The van der Waals surface area contributed by atoms with Gasteiger partial charge in [0.1, 0.15) is 5.82 Å².